The summed E-state index contributed by atoms with van der Waals surface area (Å²) in [5.74, 6) is 0.0134. The Hall–Kier alpha value is -2.78. The van der Waals surface area contributed by atoms with Crippen LogP contribution in [0.5, 0.6) is 0 Å². The molecule has 0 atom stereocenters. The maximum atomic E-state index is 12.8. The SMILES string of the molecule is O=C(Nc1ccccc1C(=O)N1CCS(=O)CC1)c1ccc([N+](=O)[O-])cc1Cl. The van der Waals surface area contributed by atoms with Crippen molar-refractivity contribution < 1.29 is 18.7 Å². The number of nitrogens with one attached hydrogen (secondary N) is 1. The smallest absolute Gasteiger partial charge is 0.270 e. The molecule has 8 nitrogen and oxygen atoms in total. The van der Waals surface area contributed by atoms with Gasteiger partial charge in [-0.1, -0.05) is 23.7 Å². The van der Waals surface area contributed by atoms with E-state index in [-0.39, 0.29) is 22.2 Å². The molecule has 0 saturated carbocycles. The minimum Gasteiger partial charge on any atom is -0.337 e. The van der Waals surface area contributed by atoms with Gasteiger partial charge in [-0.3, -0.25) is 23.9 Å². The van der Waals surface area contributed by atoms with Crippen LogP contribution in [-0.2, 0) is 10.8 Å². The van der Waals surface area contributed by atoms with Crippen LogP contribution in [0.15, 0.2) is 42.5 Å². The van der Waals surface area contributed by atoms with Gasteiger partial charge in [-0.2, -0.15) is 0 Å². The molecule has 0 radical (unpaired) electrons. The van der Waals surface area contributed by atoms with Crippen LogP contribution < -0.4 is 5.32 Å². The van der Waals surface area contributed by atoms with Crippen molar-refractivity contribution >= 4 is 45.6 Å². The van der Waals surface area contributed by atoms with Gasteiger partial charge in [-0.15, -0.1) is 0 Å². The van der Waals surface area contributed by atoms with Crippen molar-refractivity contribution in [2.24, 2.45) is 0 Å². The fraction of sp³-hybridized carbons (Fsp3) is 0.222. The molecule has 1 saturated heterocycles. The molecule has 0 aliphatic carbocycles. The molecule has 0 bridgehead atoms. The average Bonchev–Trinajstić information content (AvgIpc) is 2.68. The van der Waals surface area contributed by atoms with Crippen molar-refractivity contribution in [1.29, 1.82) is 0 Å². The Kier molecular flexibility index (Phi) is 6.05. The number of non-ortho nitro benzene ring substituents is 1. The number of nitro groups is 1. The zero-order valence-electron chi connectivity index (χ0n) is 14.6. The van der Waals surface area contributed by atoms with Gasteiger partial charge < -0.3 is 10.2 Å². The molecule has 2 amide bonds. The number of amides is 2. The molecule has 1 fully saturated rings. The number of hydrogen-bond donors (Lipinski definition) is 1. The van der Waals surface area contributed by atoms with Crippen LogP contribution in [0.3, 0.4) is 0 Å². The molecule has 10 heteroatoms. The molecule has 1 heterocycles. The summed E-state index contributed by atoms with van der Waals surface area (Å²) in [7, 11) is -0.908. The maximum Gasteiger partial charge on any atom is 0.270 e. The summed E-state index contributed by atoms with van der Waals surface area (Å²) < 4.78 is 11.5. The Bertz CT molecular complexity index is 971. The second-order valence-corrected chi connectivity index (χ2v) is 8.16. The minimum absolute atomic E-state index is 0.0582. The number of hydrogen-bond acceptors (Lipinski definition) is 5. The zero-order valence-corrected chi connectivity index (χ0v) is 16.2. The lowest BCUT2D eigenvalue weighted by Gasteiger charge is -2.27. The van der Waals surface area contributed by atoms with Crippen LogP contribution in [0, 0.1) is 10.1 Å². The summed E-state index contributed by atoms with van der Waals surface area (Å²) in [6.45, 7) is 0.782. The minimum atomic E-state index is -0.908. The van der Waals surface area contributed by atoms with Gasteiger partial charge in [-0.05, 0) is 18.2 Å². The highest BCUT2D eigenvalue weighted by Crippen LogP contribution is 2.25. The molecular weight excluding hydrogens is 406 g/mol. The van der Waals surface area contributed by atoms with E-state index in [0.717, 1.165) is 6.07 Å². The average molecular weight is 422 g/mol. The standard InChI is InChI=1S/C18H16ClN3O5S/c19-15-11-12(22(25)26)5-6-13(15)17(23)20-16-4-2-1-3-14(16)18(24)21-7-9-28(27)10-8-21/h1-6,11H,7-10H2,(H,20,23). The molecule has 1 N–H and O–H groups in total. The van der Waals surface area contributed by atoms with Gasteiger partial charge in [0, 0.05) is 47.5 Å². The van der Waals surface area contributed by atoms with Crippen LogP contribution in [-0.4, -0.2) is 50.4 Å². The Morgan fingerprint density at radius 3 is 2.43 bits per heavy atom. The van der Waals surface area contributed by atoms with Gasteiger partial charge in [-0.25, -0.2) is 0 Å². The van der Waals surface area contributed by atoms with Crippen LogP contribution in [0.2, 0.25) is 5.02 Å². The third-order valence-corrected chi connectivity index (χ3v) is 5.87. The number of carbonyl (C=O) groups excluding carboxylic acids is 2. The molecule has 3 rings (SSSR count). The maximum absolute atomic E-state index is 12.8. The van der Waals surface area contributed by atoms with Crippen molar-refractivity contribution in [2.45, 2.75) is 0 Å². The molecule has 0 aromatic heterocycles. The quantitative estimate of drug-likeness (QED) is 0.602. The van der Waals surface area contributed by atoms with Crippen LogP contribution in [0.25, 0.3) is 0 Å². The van der Waals surface area contributed by atoms with Crippen LogP contribution in [0.1, 0.15) is 20.7 Å². The summed E-state index contributed by atoms with van der Waals surface area (Å²) in [5.41, 5.74) is 0.447. The lowest BCUT2D eigenvalue weighted by molar-refractivity contribution is -0.384. The first kappa shape index (κ1) is 20.0. The number of carbonyl (C=O) groups is 2. The third kappa shape index (κ3) is 4.37. The fourth-order valence-corrected chi connectivity index (χ4v) is 4.09. The monoisotopic (exact) mass is 421 g/mol. The Morgan fingerprint density at radius 2 is 1.79 bits per heavy atom. The lowest BCUT2D eigenvalue weighted by Crippen LogP contribution is -2.42. The van der Waals surface area contributed by atoms with Gasteiger partial charge in [0.25, 0.3) is 17.5 Å². The molecule has 28 heavy (non-hydrogen) atoms. The van der Waals surface area contributed by atoms with Crippen molar-refractivity contribution in [3.05, 3.63) is 68.7 Å². The fourth-order valence-electron chi connectivity index (χ4n) is 2.78. The predicted molar refractivity (Wildman–Crippen MR) is 106 cm³/mol. The highest BCUT2D eigenvalue weighted by atomic mass is 35.5. The Balaban J connectivity index is 1.81. The number of para-hydroxylation sites is 1. The second kappa shape index (κ2) is 8.49. The summed E-state index contributed by atoms with van der Waals surface area (Å²) in [5, 5.41) is 13.4. The number of rotatable bonds is 4. The second-order valence-electron chi connectivity index (χ2n) is 6.06. The van der Waals surface area contributed by atoms with Gasteiger partial charge in [0.1, 0.15) is 0 Å². The summed E-state index contributed by atoms with van der Waals surface area (Å²) in [6.07, 6.45) is 0. The number of nitrogens with zero attached hydrogens (tertiary/aromatic N) is 2. The van der Waals surface area contributed by atoms with E-state index in [0.29, 0.717) is 35.8 Å². The van der Waals surface area contributed by atoms with E-state index < -0.39 is 21.6 Å². The van der Waals surface area contributed by atoms with Gasteiger partial charge in [0.05, 0.1) is 26.8 Å². The van der Waals surface area contributed by atoms with Crippen LogP contribution in [0.4, 0.5) is 11.4 Å². The van der Waals surface area contributed by atoms with Gasteiger partial charge in [0.15, 0.2) is 0 Å². The third-order valence-electron chi connectivity index (χ3n) is 4.28. The number of benzene rings is 2. The molecule has 1 aliphatic heterocycles. The molecule has 0 spiro atoms. The van der Waals surface area contributed by atoms with E-state index in [2.05, 4.69) is 5.32 Å². The van der Waals surface area contributed by atoms with E-state index in [9.17, 15) is 23.9 Å². The van der Waals surface area contributed by atoms with E-state index in [1.54, 1.807) is 29.2 Å². The van der Waals surface area contributed by atoms with Crippen molar-refractivity contribution in [3.63, 3.8) is 0 Å². The molecule has 2 aromatic rings. The first-order valence-electron chi connectivity index (χ1n) is 8.35. The van der Waals surface area contributed by atoms with E-state index in [1.807, 2.05) is 0 Å². The normalized spacial score (nSPS) is 14.5. The first-order chi connectivity index (χ1) is 13.4. The first-order valence-corrected chi connectivity index (χ1v) is 10.2. The Morgan fingerprint density at radius 1 is 1.11 bits per heavy atom. The van der Waals surface area contributed by atoms with Crippen molar-refractivity contribution in [2.75, 3.05) is 29.9 Å². The number of halogens is 1. The molecule has 2 aromatic carbocycles. The zero-order chi connectivity index (χ0) is 20.3. The van der Waals surface area contributed by atoms with E-state index in [4.69, 9.17) is 11.6 Å². The summed E-state index contributed by atoms with van der Waals surface area (Å²) in [4.78, 5) is 37.2. The molecular formula is C18H16ClN3O5S. The highest BCUT2D eigenvalue weighted by molar-refractivity contribution is 7.85. The summed E-state index contributed by atoms with van der Waals surface area (Å²) >= 11 is 6.00. The van der Waals surface area contributed by atoms with Gasteiger partial charge in [0.2, 0.25) is 0 Å². The summed E-state index contributed by atoms with van der Waals surface area (Å²) in [6, 6.07) is 10.1. The Labute approximate surface area is 168 Å². The van der Waals surface area contributed by atoms with E-state index in [1.165, 1.54) is 12.1 Å². The van der Waals surface area contributed by atoms with Gasteiger partial charge >= 0.3 is 0 Å². The molecule has 146 valence electrons. The number of anilines is 1. The highest BCUT2D eigenvalue weighted by Gasteiger charge is 2.24. The molecule has 1 aliphatic rings. The predicted octanol–water partition coefficient (Wildman–Crippen LogP) is 2.71. The number of nitro benzene ring substituents is 1. The van der Waals surface area contributed by atoms with Crippen molar-refractivity contribution in [3.8, 4) is 0 Å². The lowest BCUT2D eigenvalue weighted by atomic mass is 10.1. The topological polar surface area (TPSA) is 110 Å². The molecule has 0 unspecified atom stereocenters. The van der Waals surface area contributed by atoms with Crippen molar-refractivity contribution in [1.82, 2.24) is 4.90 Å². The van der Waals surface area contributed by atoms with Crippen LogP contribution >= 0.6 is 11.6 Å². The van der Waals surface area contributed by atoms with E-state index >= 15 is 0 Å². The largest absolute Gasteiger partial charge is 0.337 e.